The van der Waals surface area contributed by atoms with E-state index < -0.39 is 5.97 Å². The van der Waals surface area contributed by atoms with Crippen LogP contribution in [0.5, 0.6) is 5.75 Å². The van der Waals surface area contributed by atoms with Crippen molar-refractivity contribution in [2.45, 2.75) is 32.7 Å². The van der Waals surface area contributed by atoms with E-state index in [1.807, 2.05) is 13.8 Å². The van der Waals surface area contributed by atoms with Gasteiger partial charge in [0.25, 0.3) is 5.91 Å². The maximum atomic E-state index is 12.3. The molecule has 104 valence electrons. The summed E-state index contributed by atoms with van der Waals surface area (Å²) in [4.78, 5) is 24.4. The van der Waals surface area contributed by atoms with Crippen LogP contribution in [0.2, 0.25) is 0 Å². The van der Waals surface area contributed by atoms with E-state index in [9.17, 15) is 14.7 Å². The van der Waals surface area contributed by atoms with Crippen LogP contribution in [0.15, 0.2) is 24.3 Å². The number of hydrogen-bond donors (Lipinski definition) is 2. The quantitative estimate of drug-likeness (QED) is 0.825. The molecule has 1 rings (SSSR count). The van der Waals surface area contributed by atoms with Gasteiger partial charge in [0.2, 0.25) is 0 Å². The van der Waals surface area contributed by atoms with Gasteiger partial charge < -0.3 is 15.1 Å². The molecule has 0 fully saturated rings. The van der Waals surface area contributed by atoms with E-state index in [0.717, 1.165) is 0 Å². The molecule has 0 aliphatic heterocycles. The fourth-order valence-electron chi connectivity index (χ4n) is 1.80. The lowest BCUT2D eigenvalue weighted by molar-refractivity contribution is -0.137. The van der Waals surface area contributed by atoms with Crippen LogP contribution in [-0.4, -0.2) is 39.6 Å². The Labute approximate surface area is 112 Å². The van der Waals surface area contributed by atoms with Crippen molar-refractivity contribution in [2.75, 3.05) is 6.54 Å². The van der Waals surface area contributed by atoms with Gasteiger partial charge in [0.1, 0.15) is 5.75 Å². The van der Waals surface area contributed by atoms with E-state index >= 15 is 0 Å². The number of aliphatic carboxylic acids is 1. The molecule has 0 saturated carbocycles. The second-order valence-electron chi connectivity index (χ2n) is 4.64. The first kappa shape index (κ1) is 15.0. The maximum absolute atomic E-state index is 12.3. The van der Waals surface area contributed by atoms with E-state index in [1.165, 1.54) is 12.1 Å². The summed E-state index contributed by atoms with van der Waals surface area (Å²) in [6.45, 7) is 4.14. The third kappa shape index (κ3) is 4.62. The summed E-state index contributed by atoms with van der Waals surface area (Å²) in [6.07, 6.45) is 0.453. The second-order valence-corrected chi connectivity index (χ2v) is 4.64. The molecule has 0 radical (unpaired) electrons. The highest BCUT2D eigenvalue weighted by molar-refractivity contribution is 5.94. The highest BCUT2D eigenvalue weighted by Gasteiger charge is 2.18. The van der Waals surface area contributed by atoms with Crippen LogP contribution < -0.4 is 0 Å². The molecule has 1 aromatic carbocycles. The van der Waals surface area contributed by atoms with Crippen LogP contribution in [0.1, 0.15) is 37.0 Å². The first-order valence-electron chi connectivity index (χ1n) is 6.23. The molecular formula is C14H19NO4. The predicted molar refractivity (Wildman–Crippen MR) is 71.1 cm³/mol. The van der Waals surface area contributed by atoms with Gasteiger partial charge in [-0.1, -0.05) is 6.07 Å². The Morgan fingerprint density at radius 2 is 2.00 bits per heavy atom. The maximum Gasteiger partial charge on any atom is 0.303 e. The number of rotatable bonds is 6. The Morgan fingerprint density at radius 3 is 2.53 bits per heavy atom. The molecule has 0 heterocycles. The van der Waals surface area contributed by atoms with E-state index in [4.69, 9.17) is 5.11 Å². The molecule has 19 heavy (non-hydrogen) atoms. The minimum Gasteiger partial charge on any atom is -0.508 e. The number of benzene rings is 1. The summed E-state index contributed by atoms with van der Waals surface area (Å²) in [5.41, 5.74) is 0.407. The monoisotopic (exact) mass is 265 g/mol. The normalized spacial score (nSPS) is 10.5. The van der Waals surface area contributed by atoms with E-state index in [2.05, 4.69) is 0 Å². The molecule has 0 atom stereocenters. The van der Waals surface area contributed by atoms with Gasteiger partial charge in [-0.15, -0.1) is 0 Å². The van der Waals surface area contributed by atoms with Gasteiger partial charge >= 0.3 is 5.97 Å². The average molecular weight is 265 g/mol. The van der Waals surface area contributed by atoms with Crippen LogP contribution in [0, 0.1) is 0 Å². The standard InChI is InChI=1S/C14H19NO4/c1-10(2)15(8-4-7-13(17)18)14(19)11-5-3-6-12(16)9-11/h3,5-6,9-10,16H,4,7-8H2,1-2H3,(H,17,18). The molecule has 0 bridgehead atoms. The lowest BCUT2D eigenvalue weighted by Gasteiger charge is -2.26. The van der Waals surface area contributed by atoms with Gasteiger partial charge in [-0.05, 0) is 38.5 Å². The Hall–Kier alpha value is -2.04. The molecule has 1 aromatic rings. The Balaban J connectivity index is 2.75. The van der Waals surface area contributed by atoms with Crippen molar-refractivity contribution in [3.05, 3.63) is 29.8 Å². The van der Waals surface area contributed by atoms with Gasteiger partial charge in [0.05, 0.1) is 0 Å². The van der Waals surface area contributed by atoms with Gasteiger partial charge in [-0.2, -0.15) is 0 Å². The zero-order valence-corrected chi connectivity index (χ0v) is 11.2. The van der Waals surface area contributed by atoms with Crippen LogP contribution in [0.4, 0.5) is 0 Å². The number of carbonyl (C=O) groups excluding carboxylic acids is 1. The summed E-state index contributed by atoms with van der Waals surface area (Å²) >= 11 is 0. The molecule has 0 aliphatic carbocycles. The van der Waals surface area contributed by atoms with Crippen molar-refractivity contribution in [3.63, 3.8) is 0 Å². The van der Waals surface area contributed by atoms with Gasteiger partial charge in [0.15, 0.2) is 0 Å². The summed E-state index contributed by atoms with van der Waals surface area (Å²) in [5, 5.41) is 18.0. The summed E-state index contributed by atoms with van der Waals surface area (Å²) in [6, 6.07) is 6.13. The molecular weight excluding hydrogens is 246 g/mol. The molecule has 2 N–H and O–H groups in total. The fraction of sp³-hybridized carbons (Fsp3) is 0.429. The van der Waals surface area contributed by atoms with Gasteiger partial charge in [-0.25, -0.2) is 0 Å². The van der Waals surface area contributed by atoms with E-state index in [1.54, 1.807) is 17.0 Å². The van der Waals surface area contributed by atoms with Crippen LogP contribution in [-0.2, 0) is 4.79 Å². The van der Waals surface area contributed by atoms with Crippen molar-refractivity contribution in [1.29, 1.82) is 0 Å². The summed E-state index contributed by atoms with van der Waals surface area (Å²) in [7, 11) is 0. The van der Waals surface area contributed by atoms with Crippen molar-refractivity contribution in [3.8, 4) is 5.75 Å². The third-order valence-electron chi connectivity index (χ3n) is 2.77. The Bertz CT molecular complexity index is 457. The minimum atomic E-state index is -0.867. The van der Waals surface area contributed by atoms with Crippen molar-refractivity contribution in [1.82, 2.24) is 4.90 Å². The van der Waals surface area contributed by atoms with Gasteiger partial charge in [0, 0.05) is 24.6 Å². The summed E-state index contributed by atoms with van der Waals surface area (Å²) < 4.78 is 0. The number of aromatic hydroxyl groups is 1. The molecule has 5 nitrogen and oxygen atoms in total. The van der Waals surface area contributed by atoms with Crippen LogP contribution >= 0.6 is 0 Å². The third-order valence-corrected chi connectivity index (χ3v) is 2.77. The fourth-order valence-corrected chi connectivity index (χ4v) is 1.80. The number of hydrogen-bond acceptors (Lipinski definition) is 3. The lowest BCUT2D eigenvalue weighted by Crippen LogP contribution is -2.37. The molecule has 0 spiro atoms. The minimum absolute atomic E-state index is 0.0244. The number of nitrogens with zero attached hydrogens (tertiary/aromatic N) is 1. The van der Waals surface area contributed by atoms with E-state index in [0.29, 0.717) is 18.5 Å². The highest BCUT2D eigenvalue weighted by atomic mass is 16.4. The zero-order chi connectivity index (χ0) is 14.4. The predicted octanol–water partition coefficient (Wildman–Crippen LogP) is 2.11. The first-order chi connectivity index (χ1) is 8.91. The lowest BCUT2D eigenvalue weighted by atomic mass is 10.1. The number of phenols is 1. The zero-order valence-electron chi connectivity index (χ0n) is 11.2. The number of carboxylic acid groups (broad SMARTS) is 1. The molecule has 1 amide bonds. The second kappa shape index (κ2) is 6.78. The topological polar surface area (TPSA) is 77.8 Å². The number of carbonyl (C=O) groups is 2. The highest BCUT2D eigenvalue weighted by Crippen LogP contribution is 2.15. The largest absolute Gasteiger partial charge is 0.508 e. The van der Waals surface area contributed by atoms with Crippen molar-refractivity contribution in [2.24, 2.45) is 0 Å². The molecule has 0 aromatic heterocycles. The average Bonchev–Trinajstić information content (AvgIpc) is 2.33. The molecule has 0 unspecified atom stereocenters. The van der Waals surface area contributed by atoms with Gasteiger partial charge in [-0.3, -0.25) is 9.59 Å². The molecule has 5 heteroatoms. The number of carboxylic acids is 1. The smallest absolute Gasteiger partial charge is 0.303 e. The van der Waals surface area contributed by atoms with Crippen molar-refractivity contribution < 1.29 is 19.8 Å². The SMILES string of the molecule is CC(C)N(CCCC(=O)O)C(=O)c1cccc(O)c1. The van der Waals surface area contributed by atoms with Crippen LogP contribution in [0.25, 0.3) is 0 Å². The van der Waals surface area contributed by atoms with Crippen LogP contribution in [0.3, 0.4) is 0 Å². The van der Waals surface area contributed by atoms with Crippen molar-refractivity contribution >= 4 is 11.9 Å². The molecule has 0 saturated heterocycles. The summed E-state index contributed by atoms with van der Waals surface area (Å²) in [5.74, 6) is -1.02. The first-order valence-corrected chi connectivity index (χ1v) is 6.23. The molecule has 0 aliphatic rings. The Kier molecular flexibility index (Phi) is 5.36. The number of amides is 1. The Morgan fingerprint density at radius 1 is 1.32 bits per heavy atom. The number of phenolic OH excluding ortho intramolecular Hbond substituents is 1. The van der Waals surface area contributed by atoms with E-state index in [-0.39, 0.29) is 24.1 Å².